The van der Waals surface area contributed by atoms with Gasteiger partial charge in [0.15, 0.2) is 5.96 Å². The maximum absolute atomic E-state index is 12.0. The molecular formula is C21H35IN4O2. The van der Waals surface area contributed by atoms with Crippen LogP contribution >= 0.6 is 24.0 Å². The molecule has 2 N–H and O–H groups in total. The zero-order valence-electron chi connectivity index (χ0n) is 17.5. The number of benzene rings is 1. The molecule has 158 valence electrons. The van der Waals surface area contributed by atoms with Gasteiger partial charge in [-0.2, -0.15) is 0 Å². The van der Waals surface area contributed by atoms with Gasteiger partial charge in [0.1, 0.15) is 0 Å². The summed E-state index contributed by atoms with van der Waals surface area (Å²) in [6, 6.07) is 7.97. The fourth-order valence-corrected chi connectivity index (χ4v) is 3.33. The van der Waals surface area contributed by atoms with E-state index in [9.17, 15) is 4.79 Å². The van der Waals surface area contributed by atoms with Crippen molar-refractivity contribution < 1.29 is 9.53 Å². The van der Waals surface area contributed by atoms with Crippen molar-refractivity contribution in [2.45, 2.75) is 52.7 Å². The summed E-state index contributed by atoms with van der Waals surface area (Å²) in [4.78, 5) is 18.7. The van der Waals surface area contributed by atoms with Crippen molar-refractivity contribution in [2.75, 3.05) is 32.1 Å². The summed E-state index contributed by atoms with van der Waals surface area (Å²) in [5.74, 6) is 1.33. The Morgan fingerprint density at radius 2 is 2.04 bits per heavy atom. The van der Waals surface area contributed by atoms with Crippen LogP contribution < -0.4 is 10.6 Å². The van der Waals surface area contributed by atoms with Crippen molar-refractivity contribution >= 4 is 41.5 Å². The predicted molar refractivity (Wildman–Crippen MR) is 126 cm³/mol. The Bertz CT molecular complexity index is 629. The molecule has 1 saturated heterocycles. The summed E-state index contributed by atoms with van der Waals surface area (Å²) in [5, 5.41) is 6.41. The highest BCUT2D eigenvalue weighted by molar-refractivity contribution is 14.0. The first-order chi connectivity index (χ1) is 13.0. The number of ether oxygens (including phenoxy) is 1. The topological polar surface area (TPSA) is 66.0 Å². The minimum Gasteiger partial charge on any atom is -0.378 e. The van der Waals surface area contributed by atoms with Crippen LogP contribution in [0, 0.1) is 5.92 Å². The van der Waals surface area contributed by atoms with Gasteiger partial charge in [0, 0.05) is 45.4 Å². The molecule has 0 aromatic heterocycles. The van der Waals surface area contributed by atoms with Crippen molar-refractivity contribution in [2.24, 2.45) is 10.9 Å². The highest BCUT2D eigenvalue weighted by Gasteiger charge is 2.21. The van der Waals surface area contributed by atoms with Gasteiger partial charge in [0.05, 0.1) is 6.10 Å². The van der Waals surface area contributed by atoms with Gasteiger partial charge in [-0.15, -0.1) is 24.0 Å². The van der Waals surface area contributed by atoms with Gasteiger partial charge in [-0.25, -0.2) is 0 Å². The fourth-order valence-electron chi connectivity index (χ4n) is 3.33. The Labute approximate surface area is 186 Å². The van der Waals surface area contributed by atoms with Crippen molar-refractivity contribution in [1.82, 2.24) is 10.2 Å². The molecule has 0 spiro atoms. The van der Waals surface area contributed by atoms with E-state index >= 15 is 0 Å². The summed E-state index contributed by atoms with van der Waals surface area (Å²) in [6.07, 6.45) is 2.97. The second-order valence-corrected chi connectivity index (χ2v) is 7.39. The lowest BCUT2D eigenvalue weighted by Crippen LogP contribution is -2.46. The fraction of sp³-hybridized carbons (Fsp3) is 0.619. The van der Waals surface area contributed by atoms with Crippen molar-refractivity contribution in [1.29, 1.82) is 0 Å². The van der Waals surface area contributed by atoms with Crippen LogP contribution in [0.1, 0.15) is 45.6 Å². The van der Waals surface area contributed by atoms with Crippen LogP contribution in [0.25, 0.3) is 0 Å². The first kappa shape index (κ1) is 24.7. The summed E-state index contributed by atoms with van der Waals surface area (Å²) in [5.41, 5.74) is 1.95. The van der Waals surface area contributed by atoms with E-state index in [2.05, 4.69) is 26.6 Å². The number of hydrogen-bond donors (Lipinski definition) is 2. The number of anilines is 1. The molecular weight excluding hydrogens is 467 g/mol. The SMILES string of the molecule is CCOC1CCN(C(=NC)NCc2cccc(NC(=O)CC(C)C)c2)CC1.I. The van der Waals surface area contributed by atoms with Crippen molar-refractivity contribution in [3.8, 4) is 0 Å². The summed E-state index contributed by atoms with van der Waals surface area (Å²) >= 11 is 0. The van der Waals surface area contributed by atoms with Crippen LogP contribution in [0.15, 0.2) is 29.3 Å². The molecule has 0 atom stereocenters. The van der Waals surface area contributed by atoms with Crippen LogP contribution in [-0.2, 0) is 16.1 Å². The lowest BCUT2D eigenvalue weighted by molar-refractivity contribution is -0.116. The number of aliphatic imine (C=N–C) groups is 1. The molecule has 1 heterocycles. The van der Waals surface area contributed by atoms with E-state index in [0.717, 1.165) is 49.7 Å². The van der Waals surface area contributed by atoms with Crippen LogP contribution in [-0.4, -0.2) is 49.6 Å². The van der Waals surface area contributed by atoms with Gasteiger partial charge in [-0.05, 0) is 43.4 Å². The molecule has 0 radical (unpaired) electrons. The highest BCUT2D eigenvalue weighted by atomic mass is 127. The second-order valence-electron chi connectivity index (χ2n) is 7.39. The van der Waals surface area contributed by atoms with E-state index in [1.54, 1.807) is 0 Å². The number of guanidine groups is 1. The number of amides is 1. The zero-order chi connectivity index (χ0) is 19.6. The average Bonchev–Trinajstić information content (AvgIpc) is 2.63. The van der Waals surface area contributed by atoms with Gasteiger partial charge in [0.2, 0.25) is 5.91 Å². The maximum Gasteiger partial charge on any atom is 0.224 e. The summed E-state index contributed by atoms with van der Waals surface area (Å²) in [6.45, 7) is 9.50. The monoisotopic (exact) mass is 502 g/mol. The number of nitrogens with zero attached hydrogens (tertiary/aromatic N) is 2. The molecule has 6 nitrogen and oxygen atoms in total. The molecule has 0 unspecified atom stereocenters. The number of hydrogen-bond acceptors (Lipinski definition) is 3. The molecule has 2 rings (SSSR count). The quantitative estimate of drug-likeness (QED) is 0.338. The van der Waals surface area contributed by atoms with Gasteiger partial charge in [0.25, 0.3) is 0 Å². The third-order valence-electron chi connectivity index (χ3n) is 4.61. The van der Waals surface area contributed by atoms with E-state index in [-0.39, 0.29) is 29.9 Å². The predicted octanol–water partition coefficient (Wildman–Crippen LogP) is 3.87. The van der Waals surface area contributed by atoms with Crippen LogP contribution in [0.3, 0.4) is 0 Å². The Balaban J connectivity index is 0.00000392. The molecule has 1 aliphatic rings. The normalized spacial score (nSPS) is 15.3. The number of nitrogens with one attached hydrogen (secondary N) is 2. The number of carbonyl (C=O) groups excluding carboxylic acids is 1. The zero-order valence-corrected chi connectivity index (χ0v) is 19.9. The van der Waals surface area contributed by atoms with Crippen LogP contribution in [0.4, 0.5) is 5.69 Å². The summed E-state index contributed by atoms with van der Waals surface area (Å²) < 4.78 is 5.72. The minimum absolute atomic E-state index is 0. The largest absolute Gasteiger partial charge is 0.378 e. The first-order valence-corrected chi connectivity index (χ1v) is 9.97. The molecule has 7 heteroatoms. The third-order valence-corrected chi connectivity index (χ3v) is 4.61. The molecule has 0 aliphatic carbocycles. The standard InChI is InChI=1S/C21H34N4O2.HI/c1-5-27-19-9-11-25(12-10-19)21(22-4)23-15-17-7-6-8-18(14-17)24-20(26)13-16(2)3;/h6-8,14,16,19H,5,9-13,15H2,1-4H3,(H,22,23)(H,24,26);1H. The Morgan fingerprint density at radius 1 is 1.32 bits per heavy atom. The van der Waals surface area contributed by atoms with Crippen LogP contribution in [0.2, 0.25) is 0 Å². The van der Waals surface area contributed by atoms with Gasteiger partial charge in [-0.3, -0.25) is 9.79 Å². The van der Waals surface area contributed by atoms with E-state index in [1.165, 1.54) is 0 Å². The Kier molecular flexibility index (Phi) is 11.4. The maximum atomic E-state index is 12.0. The molecule has 1 aliphatic heterocycles. The lowest BCUT2D eigenvalue weighted by atomic mass is 10.1. The molecule has 1 amide bonds. The van der Waals surface area contributed by atoms with E-state index in [0.29, 0.717) is 25.0 Å². The Morgan fingerprint density at radius 3 is 2.64 bits per heavy atom. The van der Waals surface area contributed by atoms with Gasteiger partial charge in [-0.1, -0.05) is 26.0 Å². The number of piperidine rings is 1. The number of rotatable bonds is 7. The van der Waals surface area contributed by atoms with E-state index in [1.807, 2.05) is 46.0 Å². The lowest BCUT2D eigenvalue weighted by Gasteiger charge is -2.34. The molecule has 1 aromatic rings. The average molecular weight is 502 g/mol. The van der Waals surface area contributed by atoms with Crippen molar-refractivity contribution in [3.63, 3.8) is 0 Å². The second kappa shape index (κ2) is 13.0. The highest BCUT2D eigenvalue weighted by Crippen LogP contribution is 2.15. The number of likely N-dealkylation sites (tertiary alicyclic amines) is 1. The number of carbonyl (C=O) groups is 1. The smallest absolute Gasteiger partial charge is 0.224 e. The van der Waals surface area contributed by atoms with Crippen LogP contribution in [0.5, 0.6) is 0 Å². The molecule has 0 saturated carbocycles. The Hall–Kier alpha value is -1.35. The molecule has 0 bridgehead atoms. The molecule has 1 aromatic carbocycles. The summed E-state index contributed by atoms with van der Waals surface area (Å²) in [7, 11) is 1.82. The van der Waals surface area contributed by atoms with Gasteiger partial charge >= 0.3 is 0 Å². The third kappa shape index (κ3) is 8.34. The van der Waals surface area contributed by atoms with E-state index in [4.69, 9.17) is 4.74 Å². The van der Waals surface area contributed by atoms with Gasteiger partial charge < -0.3 is 20.3 Å². The molecule has 28 heavy (non-hydrogen) atoms. The minimum atomic E-state index is 0. The first-order valence-electron chi connectivity index (χ1n) is 9.97. The number of halogens is 1. The van der Waals surface area contributed by atoms with E-state index < -0.39 is 0 Å². The molecule has 1 fully saturated rings. The van der Waals surface area contributed by atoms with Crippen molar-refractivity contribution in [3.05, 3.63) is 29.8 Å².